The van der Waals surface area contributed by atoms with Gasteiger partial charge in [0.15, 0.2) is 0 Å². The van der Waals surface area contributed by atoms with E-state index in [0.29, 0.717) is 24.5 Å². The van der Waals surface area contributed by atoms with Crippen molar-refractivity contribution in [3.63, 3.8) is 0 Å². The van der Waals surface area contributed by atoms with Crippen LogP contribution in [0.4, 0.5) is 26.3 Å². The van der Waals surface area contributed by atoms with Crippen LogP contribution in [0.1, 0.15) is 47.8 Å². The normalized spacial score (nSPS) is 13.1. The minimum Gasteiger partial charge on any atom is -1.00 e. The van der Waals surface area contributed by atoms with Gasteiger partial charge in [-0.2, -0.15) is 26.3 Å². The predicted molar refractivity (Wildman–Crippen MR) is 161 cm³/mol. The van der Waals surface area contributed by atoms with Crippen molar-refractivity contribution in [2.75, 3.05) is 6.16 Å². The van der Waals surface area contributed by atoms with E-state index in [0.717, 1.165) is 16.2 Å². The first-order valence-electron chi connectivity index (χ1n) is 13.7. The van der Waals surface area contributed by atoms with Crippen molar-refractivity contribution < 1.29 is 48.1 Å². The van der Waals surface area contributed by atoms with Crippen molar-refractivity contribution in [3.8, 4) is 0 Å². The number of nitrogens with one attached hydrogen (secondary N) is 1. The summed E-state index contributed by atoms with van der Waals surface area (Å²) in [5.41, 5.74) is -3.27. The number of carbonyl (C=O) groups is 1. The van der Waals surface area contributed by atoms with E-state index in [4.69, 9.17) is 0 Å². The van der Waals surface area contributed by atoms with E-state index in [1.165, 1.54) is 0 Å². The van der Waals surface area contributed by atoms with E-state index in [2.05, 4.69) is 5.32 Å². The van der Waals surface area contributed by atoms with Gasteiger partial charge in [0.2, 0.25) is 0 Å². The minimum absolute atomic E-state index is 0. The number of benzene rings is 4. The Kier molecular flexibility index (Phi) is 11.1. The first kappa shape index (κ1) is 35.3. The molecule has 0 aliphatic heterocycles. The van der Waals surface area contributed by atoms with Crippen LogP contribution in [0.3, 0.4) is 0 Å². The molecule has 4 aromatic carbocycles. The molecular weight excluding hydrogens is 663 g/mol. The molecule has 0 bridgehead atoms. The Morgan fingerprint density at radius 1 is 0.682 bits per heavy atom. The number of amides is 1. The number of rotatable bonds is 8. The maximum Gasteiger partial charge on any atom is 0.416 e. The third kappa shape index (κ3) is 8.51. The molecule has 2 nitrogen and oxygen atoms in total. The van der Waals surface area contributed by atoms with Crippen molar-refractivity contribution in [2.45, 2.75) is 45.3 Å². The molecule has 44 heavy (non-hydrogen) atoms. The zero-order chi connectivity index (χ0) is 31.5. The first-order valence-corrected chi connectivity index (χ1v) is 15.9. The second-order valence-electron chi connectivity index (χ2n) is 11.7. The highest BCUT2D eigenvalue weighted by Gasteiger charge is 2.48. The van der Waals surface area contributed by atoms with Crippen molar-refractivity contribution >= 4 is 23.8 Å². The first-order chi connectivity index (χ1) is 20.1. The van der Waals surface area contributed by atoms with Gasteiger partial charge in [-0.05, 0) is 53.4 Å². The lowest BCUT2D eigenvalue weighted by Crippen LogP contribution is -3.00. The quantitative estimate of drug-likeness (QED) is 0.185. The van der Waals surface area contributed by atoms with E-state index in [9.17, 15) is 31.1 Å². The van der Waals surface area contributed by atoms with E-state index in [-0.39, 0.29) is 23.0 Å². The number of hydrogen-bond acceptors (Lipinski definition) is 1. The molecule has 0 spiro atoms. The molecule has 1 N–H and O–H groups in total. The van der Waals surface area contributed by atoms with Crippen LogP contribution in [0.2, 0.25) is 0 Å². The number of halogens is 7. The molecule has 10 heteroatoms. The molecule has 1 amide bonds. The van der Waals surface area contributed by atoms with Gasteiger partial charge in [0.25, 0.3) is 5.91 Å². The lowest BCUT2D eigenvalue weighted by atomic mass is 9.87. The van der Waals surface area contributed by atoms with E-state index in [1.807, 2.05) is 112 Å². The van der Waals surface area contributed by atoms with Crippen LogP contribution >= 0.6 is 7.26 Å². The third-order valence-corrected chi connectivity index (χ3v) is 12.0. The van der Waals surface area contributed by atoms with Gasteiger partial charge in [-0.15, -0.1) is 0 Å². The summed E-state index contributed by atoms with van der Waals surface area (Å²) in [7, 11) is -2.37. The van der Waals surface area contributed by atoms with Gasteiger partial charge in [0, 0.05) is 5.56 Å². The molecule has 4 rings (SSSR count). The van der Waals surface area contributed by atoms with Crippen molar-refractivity contribution in [3.05, 3.63) is 131 Å². The second-order valence-corrected chi connectivity index (χ2v) is 15.3. The molecular formula is C34H33BrF6NOP. The summed E-state index contributed by atoms with van der Waals surface area (Å²) in [6, 6.07) is 30.1. The molecule has 0 aliphatic rings. The van der Waals surface area contributed by atoms with Crippen molar-refractivity contribution in [1.82, 2.24) is 5.32 Å². The lowest BCUT2D eigenvalue weighted by molar-refractivity contribution is -0.143. The molecule has 0 fully saturated rings. The van der Waals surface area contributed by atoms with Crippen LogP contribution in [-0.4, -0.2) is 18.1 Å². The molecule has 234 valence electrons. The maximum absolute atomic E-state index is 13.6. The fourth-order valence-corrected chi connectivity index (χ4v) is 9.90. The number of carbonyl (C=O) groups excluding carboxylic acids is 1. The summed E-state index contributed by atoms with van der Waals surface area (Å²) in [4.78, 5) is 13.5. The monoisotopic (exact) mass is 695 g/mol. The van der Waals surface area contributed by atoms with Crippen LogP contribution in [0.5, 0.6) is 0 Å². The van der Waals surface area contributed by atoms with E-state index >= 15 is 0 Å². The Hall–Kier alpha value is -3.16. The summed E-state index contributed by atoms with van der Waals surface area (Å²) in [5, 5.41) is 5.02. The molecule has 0 aliphatic carbocycles. The number of alkyl halides is 6. The zero-order valence-electron chi connectivity index (χ0n) is 24.4. The zero-order valence-corrected chi connectivity index (χ0v) is 26.9. The van der Waals surface area contributed by atoms with E-state index in [1.54, 1.807) is 0 Å². The van der Waals surface area contributed by atoms with Crippen molar-refractivity contribution in [2.24, 2.45) is 5.41 Å². The van der Waals surface area contributed by atoms with Gasteiger partial charge >= 0.3 is 12.4 Å². The fraction of sp³-hybridized carbons (Fsp3) is 0.265. The Labute approximate surface area is 265 Å². The molecule has 0 heterocycles. The Bertz CT molecular complexity index is 1450. The summed E-state index contributed by atoms with van der Waals surface area (Å²) < 4.78 is 81.4. The van der Waals surface area contributed by atoms with Crippen LogP contribution in [0.15, 0.2) is 109 Å². The summed E-state index contributed by atoms with van der Waals surface area (Å²) in [6.07, 6.45) is -9.05. The smallest absolute Gasteiger partial charge is 0.416 e. The highest BCUT2D eigenvalue weighted by molar-refractivity contribution is 7.88. The summed E-state index contributed by atoms with van der Waals surface area (Å²) >= 11 is 0. The van der Waals surface area contributed by atoms with Gasteiger partial charge in [-0.1, -0.05) is 87.5 Å². The number of hydrogen-bond donors (Lipinski definition) is 1. The molecule has 0 unspecified atom stereocenters. The Morgan fingerprint density at radius 2 is 1.09 bits per heavy atom. The largest absolute Gasteiger partial charge is 1.00 e. The van der Waals surface area contributed by atoms with Gasteiger partial charge < -0.3 is 22.3 Å². The fourth-order valence-electron chi connectivity index (χ4n) is 5.10. The average molecular weight is 697 g/mol. The van der Waals surface area contributed by atoms with Gasteiger partial charge in [-0.25, -0.2) is 0 Å². The Balaban J connectivity index is 0.00000529. The highest BCUT2D eigenvalue weighted by atomic mass is 79.9. The molecule has 1 atom stereocenters. The third-order valence-electron chi connectivity index (χ3n) is 7.49. The topological polar surface area (TPSA) is 29.1 Å². The molecule has 0 saturated carbocycles. The maximum atomic E-state index is 13.6. The minimum atomic E-state index is -5.06. The highest BCUT2D eigenvalue weighted by Crippen LogP contribution is 2.60. The van der Waals surface area contributed by atoms with Crippen molar-refractivity contribution in [1.29, 1.82) is 0 Å². The van der Waals surface area contributed by atoms with Gasteiger partial charge in [0.1, 0.15) is 0 Å². The van der Waals surface area contributed by atoms with Gasteiger partial charge in [-0.3, -0.25) is 4.79 Å². The standard InChI is InChI=1S/C34H32F6NOP.BrH/c1-32(2,3)30(41-31(42)25-19-26(33(35,36)37)21-27(20-25)34(38,39)40)23-43(28-15-9-5-10-16-28,29-17-11-6-12-18-29)22-24-13-7-4-8-14-24;/h4-21,30H,22-23H2,1-3H3;1H/t30-;/m1./s1. The summed E-state index contributed by atoms with van der Waals surface area (Å²) in [6.45, 7) is 5.70. The van der Waals surface area contributed by atoms with Crippen LogP contribution < -0.4 is 32.9 Å². The Morgan fingerprint density at radius 3 is 1.48 bits per heavy atom. The SMILES string of the molecule is CC(C)(C)[C@@H](C[P+](Cc1ccccc1)(c1ccccc1)c1ccccc1)NC(=O)c1cc(C(F)(F)F)cc(C(F)(F)F)c1.[Br-]. The second kappa shape index (κ2) is 13.9. The van der Waals surface area contributed by atoms with Crippen LogP contribution in [0, 0.1) is 5.41 Å². The van der Waals surface area contributed by atoms with E-state index < -0.39 is 53.7 Å². The molecule has 4 aromatic rings. The average Bonchev–Trinajstić information content (AvgIpc) is 2.96. The van der Waals surface area contributed by atoms with Gasteiger partial charge in [0.05, 0.1) is 47.4 Å². The molecule has 0 aromatic heterocycles. The predicted octanol–water partition coefficient (Wildman–Crippen LogP) is 5.74. The lowest BCUT2D eigenvalue weighted by Gasteiger charge is -2.37. The molecule has 0 saturated heterocycles. The summed E-state index contributed by atoms with van der Waals surface area (Å²) in [5.74, 6) is -0.990. The van der Waals surface area contributed by atoms with Crippen LogP contribution in [-0.2, 0) is 18.5 Å². The van der Waals surface area contributed by atoms with Crippen LogP contribution in [0.25, 0.3) is 0 Å². The molecule has 0 radical (unpaired) electrons.